The second-order valence-corrected chi connectivity index (χ2v) is 8.65. The number of hydrogen-bond acceptors (Lipinski definition) is 7. The van der Waals surface area contributed by atoms with Gasteiger partial charge in [-0.1, -0.05) is 11.6 Å². The number of hydrogen-bond donors (Lipinski definition) is 2. The second kappa shape index (κ2) is 7.89. The van der Waals surface area contributed by atoms with E-state index in [-0.39, 0.29) is 18.7 Å². The highest BCUT2D eigenvalue weighted by molar-refractivity contribution is 6.33. The Bertz CT molecular complexity index is 1140. The van der Waals surface area contributed by atoms with E-state index < -0.39 is 11.9 Å². The number of nitrogens with zero attached hydrogens (tertiary/aromatic N) is 5. The number of rotatable bonds is 3. The molecular weight excluding hydrogens is 423 g/mol. The lowest BCUT2D eigenvalue weighted by Gasteiger charge is -2.30. The third-order valence-electron chi connectivity index (χ3n) is 6.05. The van der Waals surface area contributed by atoms with Gasteiger partial charge in [0.25, 0.3) is 0 Å². The number of halogens is 2. The lowest BCUT2D eigenvalue weighted by molar-refractivity contribution is -0.0136. The van der Waals surface area contributed by atoms with Crippen LogP contribution in [-0.4, -0.2) is 63.6 Å². The van der Waals surface area contributed by atoms with Crippen molar-refractivity contribution >= 4 is 34.5 Å². The molecule has 2 N–H and O–H groups in total. The van der Waals surface area contributed by atoms with Crippen LogP contribution >= 0.6 is 11.6 Å². The SMILES string of the molecule is CC1CCN(C)c2nc3c(F)cc(-c4nc(N[C@@H]5CCOC[C@H]5O)ncc4Cl)cc3n21. The highest BCUT2D eigenvalue weighted by Crippen LogP contribution is 2.36. The molecule has 0 spiro atoms. The van der Waals surface area contributed by atoms with Gasteiger partial charge in [0.2, 0.25) is 11.9 Å². The fourth-order valence-corrected chi connectivity index (χ4v) is 4.49. The number of imidazole rings is 1. The van der Waals surface area contributed by atoms with E-state index in [0.717, 1.165) is 18.9 Å². The quantitative estimate of drug-likeness (QED) is 0.638. The fraction of sp³-hybridized carbons (Fsp3) is 0.476. The number of aromatic nitrogens is 4. The second-order valence-electron chi connectivity index (χ2n) is 8.24. The van der Waals surface area contributed by atoms with Gasteiger partial charge in [0.15, 0.2) is 5.82 Å². The van der Waals surface area contributed by atoms with Gasteiger partial charge in [0.1, 0.15) is 5.52 Å². The van der Waals surface area contributed by atoms with E-state index >= 15 is 4.39 Å². The van der Waals surface area contributed by atoms with Gasteiger partial charge in [0.05, 0.1) is 41.2 Å². The van der Waals surface area contributed by atoms with Gasteiger partial charge >= 0.3 is 0 Å². The monoisotopic (exact) mass is 446 g/mol. The molecule has 8 nitrogen and oxygen atoms in total. The Morgan fingerprint density at radius 2 is 2.13 bits per heavy atom. The van der Waals surface area contributed by atoms with Crippen LogP contribution in [0.15, 0.2) is 18.3 Å². The first-order chi connectivity index (χ1) is 14.9. The Labute approximate surface area is 184 Å². The minimum Gasteiger partial charge on any atom is -0.389 e. The Balaban J connectivity index is 1.57. The number of nitrogens with one attached hydrogen (secondary N) is 1. The molecule has 1 fully saturated rings. The summed E-state index contributed by atoms with van der Waals surface area (Å²) in [5, 5.41) is 13.6. The molecule has 3 aromatic rings. The summed E-state index contributed by atoms with van der Waals surface area (Å²) in [5.74, 6) is 0.669. The highest BCUT2D eigenvalue weighted by Gasteiger charge is 2.27. The predicted octanol–water partition coefficient (Wildman–Crippen LogP) is 3.25. The van der Waals surface area contributed by atoms with Crippen molar-refractivity contribution < 1.29 is 14.2 Å². The van der Waals surface area contributed by atoms with E-state index in [1.165, 1.54) is 12.3 Å². The molecule has 0 bridgehead atoms. The smallest absolute Gasteiger partial charge is 0.223 e. The lowest BCUT2D eigenvalue weighted by Crippen LogP contribution is -2.42. The number of benzene rings is 1. The van der Waals surface area contributed by atoms with E-state index in [0.29, 0.717) is 46.3 Å². The van der Waals surface area contributed by atoms with Crippen LogP contribution in [0.25, 0.3) is 22.3 Å². The fourth-order valence-electron chi connectivity index (χ4n) is 4.29. The van der Waals surface area contributed by atoms with Crippen LogP contribution in [0, 0.1) is 5.82 Å². The molecule has 2 aromatic heterocycles. The number of anilines is 2. The average molecular weight is 447 g/mol. The molecular formula is C21H24ClFN6O2. The molecule has 1 unspecified atom stereocenters. The van der Waals surface area contributed by atoms with Crippen molar-refractivity contribution in [2.75, 3.05) is 37.0 Å². The van der Waals surface area contributed by atoms with Gasteiger partial charge < -0.3 is 24.6 Å². The van der Waals surface area contributed by atoms with Crippen LogP contribution in [0.4, 0.5) is 16.3 Å². The zero-order valence-corrected chi connectivity index (χ0v) is 18.1. The molecule has 2 aliphatic rings. The van der Waals surface area contributed by atoms with Crippen molar-refractivity contribution in [1.29, 1.82) is 0 Å². The van der Waals surface area contributed by atoms with Crippen molar-refractivity contribution in [3.8, 4) is 11.3 Å². The summed E-state index contributed by atoms with van der Waals surface area (Å²) in [6.07, 6.45) is 2.43. The van der Waals surface area contributed by atoms with Crippen LogP contribution < -0.4 is 10.2 Å². The Morgan fingerprint density at radius 1 is 1.29 bits per heavy atom. The van der Waals surface area contributed by atoms with Crippen molar-refractivity contribution in [3.63, 3.8) is 0 Å². The lowest BCUT2D eigenvalue weighted by atomic mass is 10.1. The van der Waals surface area contributed by atoms with Crippen LogP contribution in [0.2, 0.25) is 5.02 Å². The van der Waals surface area contributed by atoms with Gasteiger partial charge in [-0.2, -0.15) is 0 Å². The topological polar surface area (TPSA) is 88.3 Å². The van der Waals surface area contributed by atoms with Gasteiger partial charge in [-0.15, -0.1) is 0 Å². The van der Waals surface area contributed by atoms with E-state index in [4.69, 9.17) is 16.3 Å². The maximum atomic E-state index is 15.1. The molecule has 0 saturated carbocycles. The molecule has 31 heavy (non-hydrogen) atoms. The van der Waals surface area contributed by atoms with E-state index in [2.05, 4.69) is 31.8 Å². The van der Waals surface area contributed by atoms with Crippen molar-refractivity contribution in [2.45, 2.75) is 38.0 Å². The summed E-state index contributed by atoms with van der Waals surface area (Å²) in [7, 11) is 1.96. The summed E-state index contributed by atoms with van der Waals surface area (Å²) >= 11 is 6.40. The molecule has 4 heterocycles. The van der Waals surface area contributed by atoms with Gasteiger partial charge in [-0.25, -0.2) is 19.3 Å². The molecule has 5 rings (SSSR count). The van der Waals surface area contributed by atoms with Crippen LogP contribution in [0.5, 0.6) is 0 Å². The highest BCUT2D eigenvalue weighted by atomic mass is 35.5. The normalized spacial score (nSPS) is 23.8. The van der Waals surface area contributed by atoms with Crippen LogP contribution in [0.3, 0.4) is 0 Å². The molecule has 1 saturated heterocycles. The number of aliphatic hydroxyl groups is 1. The van der Waals surface area contributed by atoms with Crippen molar-refractivity contribution in [1.82, 2.24) is 19.5 Å². The Hall–Kier alpha value is -2.49. The van der Waals surface area contributed by atoms with Gasteiger partial charge in [0, 0.05) is 31.8 Å². The molecule has 1 aromatic carbocycles. The summed E-state index contributed by atoms with van der Waals surface area (Å²) in [5.41, 5.74) is 2.03. The maximum Gasteiger partial charge on any atom is 0.223 e. The van der Waals surface area contributed by atoms with Crippen molar-refractivity contribution in [3.05, 3.63) is 29.2 Å². The molecule has 3 atom stereocenters. The summed E-state index contributed by atoms with van der Waals surface area (Å²) in [4.78, 5) is 15.4. The third kappa shape index (κ3) is 3.60. The minimum absolute atomic E-state index is 0.207. The number of aliphatic hydroxyl groups excluding tert-OH is 1. The van der Waals surface area contributed by atoms with E-state index in [1.807, 2.05) is 18.0 Å². The molecule has 0 aliphatic carbocycles. The molecule has 2 aliphatic heterocycles. The average Bonchev–Trinajstić information content (AvgIpc) is 3.15. The molecule has 164 valence electrons. The van der Waals surface area contributed by atoms with Crippen molar-refractivity contribution in [2.24, 2.45) is 0 Å². The van der Waals surface area contributed by atoms with Gasteiger partial charge in [-0.05, 0) is 31.9 Å². The van der Waals surface area contributed by atoms with E-state index in [9.17, 15) is 5.11 Å². The summed E-state index contributed by atoms with van der Waals surface area (Å²) in [6, 6.07) is 3.28. The first-order valence-corrected chi connectivity index (χ1v) is 10.8. The maximum absolute atomic E-state index is 15.1. The predicted molar refractivity (Wildman–Crippen MR) is 117 cm³/mol. The minimum atomic E-state index is -0.651. The number of fused-ring (bicyclic) bond motifs is 3. The number of ether oxygens (including phenoxy) is 1. The van der Waals surface area contributed by atoms with Gasteiger partial charge in [-0.3, -0.25) is 0 Å². The molecule has 0 amide bonds. The van der Waals surface area contributed by atoms with Crippen LogP contribution in [-0.2, 0) is 4.74 Å². The molecule has 10 heteroatoms. The zero-order chi connectivity index (χ0) is 21.7. The van der Waals surface area contributed by atoms with E-state index in [1.54, 1.807) is 0 Å². The Kier molecular flexibility index (Phi) is 5.19. The first kappa shape index (κ1) is 20.4. The standard InChI is InChI=1S/C21H24ClFN6O2/c1-11-3-5-28(2)21-27-19-14(23)7-12(8-16(19)29(11)21)18-13(22)9-24-20(26-18)25-15-4-6-31-10-17(15)30/h7-9,11,15,17,30H,3-6,10H2,1-2H3,(H,24,25,26)/t11?,15-,17-/m1/s1. The summed E-state index contributed by atoms with van der Waals surface area (Å²) in [6.45, 7) is 3.81. The van der Waals surface area contributed by atoms with Crippen LogP contribution in [0.1, 0.15) is 25.8 Å². The summed E-state index contributed by atoms with van der Waals surface area (Å²) < 4.78 is 22.4. The Morgan fingerprint density at radius 3 is 2.94 bits per heavy atom. The largest absolute Gasteiger partial charge is 0.389 e. The molecule has 0 radical (unpaired) electrons. The third-order valence-corrected chi connectivity index (χ3v) is 6.33. The first-order valence-electron chi connectivity index (χ1n) is 10.4. The zero-order valence-electron chi connectivity index (χ0n) is 17.3.